The van der Waals surface area contributed by atoms with Crippen molar-refractivity contribution in [2.24, 2.45) is 0 Å². The second kappa shape index (κ2) is 29.7. The molecule has 148 valence electrons. The van der Waals surface area contributed by atoms with Crippen LogP contribution in [0.3, 0.4) is 0 Å². The Labute approximate surface area is 151 Å². The Kier molecular flexibility index (Phi) is 47.4. The Balaban J connectivity index is -0.0000000444. The normalized spacial score (nSPS) is 10.6. The summed E-state index contributed by atoms with van der Waals surface area (Å²) in [5.74, 6) is 0.208. The van der Waals surface area contributed by atoms with E-state index < -0.39 is 0 Å². The first-order valence-corrected chi connectivity index (χ1v) is 7.52. The average molecular weight is 349 g/mol. The maximum Gasteiger partial charge on any atom is 0.137 e. The summed E-state index contributed by atoms with van der Waals surface area (Å²) in [6, 6.07) is 0. The van der Waals surface area contributed by atoms with Crippen LogP contribution in [-0.4, -0.2) is 23.1 Å². The smallest absolute Gasteiger partial charge is 0.137 e. The van der Waals surface area contributed by atoms with Gasteiger partial charge in [0.25, 0.3) is 0 Å². The van der Waals surface area contributed by atoms with Gasteiger partial charge in [0, 0.05) is 0 Å². The van der Waals surface area contributed by atoms with Crippen LogP contribution >= 0.6 is 0 Å². The van der Waals surface area contributed by atoms with Gasteiger partial charge in [-0.2, -0.15) is 0 Å². The fourth-order valence-corrected chi connectivity index (χ4v) is 1.41. The third kappa shape index (κ3) is 106. The first kappa shape index (κ1) is 38.3. The Bertz CT molecular complexity index is 259. The highest BCUT2D eigenvalue weighted by atomic mass is 16.1. The first-order chi connectivity index (χ1) is 9.59. The number of Topliss-reactive ketones (excluding diaryl/α,β-unsaturated/α-hetero) is 4. The zero-order chi connectivity index (χ0) is 17.3. The summed E-state index contributed by atoms with van der Waals surface area (Å²) in [6.45, 7) is 8.92. The van der Waals surface area contributed by atoms with Gasteiger partial charge < -0.3 is 9.59 Å². The van der Waals surface area contributed by atoms with Crippen LogP contribution in [0.5, 0.6) is 0 Å². The predicted octanol–water partition coefficient (Wildman–Crippen LogP) is 5.99. The molecule has 0 atom stereocenters. The van der Waals surface area contributed by atoms with Crippen LogP contribution in [0.4, 0.5) is 0 Å². The van der Waals surface area contributed by atoms with E-state index >= 15 is 0 Å². The minimum Gasteiger partial charge on any atom is -0.300 e. The van der Waals surface area contributed by atoms with Crippen LogP contribution in [-0.2, 0) is 19.2 Å². The molecule has 1 aliphatic rings. The fraction of sp³-hybridized carbons (Fsp3) is 0.800. The van der Waals surface area contributed by atoms with E-state index in [1.54, 1.807) is 0 Å². The molecule has 0 bridgehead atoms. The second-order valence-electron chi connectivity index (χ2n) is 5.52. The van der Waals surface area contributed by atoms with E-state index in [0.29, 0.717) is 0 Å². The van der Waals surface area contributed by atoms with Crippen molar-refractivity contribution in [2.75, 3.05) is 0 Å². The summed E-state index contributed by atoms with van der Waals surface area (Å²) >= 11 is 0. The molecule has 0 spiro atoms. The van der Waals surface area contributed by atoms with Crippen LogP contribution in [0, 0.1) is 0 Å². The van der Waals surface area contributed by atoms with E-state index in [-0.39, 0.29) is 51.8 Å². The lowest BCUT2D eigenvalue weighted by molar-refractivity contribution is -0.124. The van der Waals surface area contributed by atoms with Crippen molar-refractivity contribution in [2.45, 2.75) is 109 Å². The van der Waals surface area contributed by atoms with Crippen molar-refractivity contribution in [3.05, 3.63) is 0 Å². The van der Waals surface area contributed by atoms with Crippen molar-refractivity contribution in [3.8, 4) is 0 Å². The predicted molar refractivity (Wildman–Crippen MR) is 107 cm³/mol. The van der Waals surface area contributed by atoms with Gasteiger partial charge >= 0.3 is 0 Å². The Hall–Kier alpha value is -1.32. The van der Waals surface area contributed by atoms with E-state index in [0.717, 1.165) is 0 Å². The molecule has 1 fully saturated rings. The molecule has 24 heavy (non-hydrogen) atoms. The first-order valence-electron chi connectivity index (χ1n) is 7.52. The van der Waals surface area contributed by atoms with Gasteiger partial charge in [-0.1, -0.05) is 60.8 Å². The standard InChI is InChI=1S/C6H12.C5H8O2.2C3H6O.3CH4/c1-2-4-6-5-3-1;1-4(6)3-5(2)7;2*1-3(2)4;;;/h1-6H2;3H2,1-2H3;2*1-2H3;3*1H4. The van der Waals surface area contributed by atoms with Gasteiger partial charge in [0.05, 0.1) is 6.42 Å². The minimum absolute atomic E-state index is 0. The lowest BCUT2D eigenvalue weighted by Gasteiger charge is -2.05. The molecule has 0 aromatic heterocycles. The lowest BCUT2D eigenvalue weighted by atomic mass is 10.0. The maximum atomic E-state index is 10.0. The van der Waals surface area contributed by atoms with E-state index in [9.17, 15) is 19.2 Å². The number of hydrogen-bond acceptors (Lipinski definition) is 4. The summed E-state index contributed by atoms with van der Waals surface area (Å²) < 4.78 is 0. The fourth-order valence-electron chi connectivity index (χ4n) is 1.41. The SMILES string of the molecule is C.C.C.C1CCCCC1.CC(=O)CC(C)=O.CC(C)=O.CC(C)=O. The molecule has 1 saturated carbocycles. The van der Waals surface area contributed by atoms with Crippen LogP contribution in [0.25, 0.3) is 0 Å². The summed E-state index contributed by atoms with van der Waals surface area (Å²) in [7, 11) is 0. The summed E-state index contributed by atoms with van der Waals surface area (Å²) in [5, 5.41) is 0. The molecule has 0 unspecified atom stereocenters. The Morgan fingerprint density at radius 1 is 0.500 bits per heavy atom. The Morgan fingerprint density at radius 3 is 0.667 bits per heavy atom. The van der Waals surface area contributed by atoms with Crippen molar-refractivity contribution in [1.82, 2.24) is 0 Å². The zero-order valence-corrected chi connectivity index (χ0v) is 14.6. The summed E-state index contributed by atoms with van der Waals surface area (Å²) in [6.07, 6.45) is 9.08. The second-order valence-corrected chi connectivity index (χ2v) is 5.52. The third-order valence-corrected chi connectivity index (χ3v) is 2.00. The van der Waals surface area contributed by atoms with E-state index in [1.165, 1.54) is 80.1 Å². The van der Waals surface area contributed by atoms with Gasteiger partial charge in [-0.05, 0) is 41.5 Å². The van der Waals surface area contributed by atoms with Gasteiger partial charge in [0.1, 0.15) is 23.1 Å². The summed E-state index contributed by atoms with van der Waals surface area (Å²) in [5.41, 5.74) is 0. The quantitative estimate of drug-likeness (QED) is 0.574. The third-order valence-electron chi connectivity index (χ3n) is 2.00. The van der Waals surface area contributed by atoms with E-state index in [1.807, 2.05) is 0 Å². The van der Waals surface area contributed by atoms with Gasteiger partial charge in [-0.25, -0.2) is 0 Å². The van der Waals surface area contributed by atoms with Crippen molar-refractivity contribution >= 4 is 23.1 Å². The lowest BCUT2D eigenvalue weighted by Crippen LogP contribution is -1.97. The van der Waals surface area contributed by atoms with Crippen molar-refractivity contribution < 1.29 is 19.2 Å². The highest BCUT2D eigenvalue weighted by Gasteiger charge is 1.95. The molecule has 0 N–H and O–H groups in total. The molecule has 0 amide bonds. The van der Waals surface area contributed by atoms with Gasteiger partial charge in [0.15, 0.2) is 0 Å². The topological polar surface area (TPSA) is 68.3 Å². The molecule has 0 heterocycles. The maximum absolute atomic E-state index is 10.0. The molecule has 0 aliphatic heterocycles. The number of ketones is 4. The van der Waals surface area contributed by atoms with E-state index in [2.05, 4.69) is 0 Å². The molecule has 4 nitrogen and oxygen atoms in total. The number of hydrogen-bond donors (Lipinski definition) is 0. The van der Waals surface area contributed by atoms with Crippen LogP contribution in [0.15, 0.2) is 0 Å². The number of rotatable bonds is 2. The monoisotopic (exact) mass is 348 g/mol. The van der Waals surface area contributed by atoms with Gasteiger partial charge in [0.2, 0.25) is 0 Å². The average Bonchev–Trinajstić information content (AvgIpc) is 2.28. The van der Waals surface area contributed by atoms with Crippen LogP contribution in [0.1, 0.15) is 109 Å². The molecule has 1 rings (SSSR count). The van der Waals surface area contributed by atoms with Crippen LogP contribution < -0.4 is 0 Å². The molecule has 4 heteroatoms. The van der Waals surface area contributed by atoms with Gasteiger partial charge in [-0.3, -0.25) is 9.59 Å². The largest absolute Gasteiger partial charge is 0.300 e. The molecule has 0 aromatic carbocycles. The van der Waals surface area contributed by atoms with E-state index in [4.69, 9.17) is 0 Å². The highest BCUT2D eigenvalue weighted by Crippen LogP contribution is 2.15. The molecule has 1 aliphatic carbocycles. The zero-order valence-electron chi connectivity index (χ0n) is 14.6. The molecule has 0 radical (unpaired) electrons. The van der Waals surface area contributed by atoms with Gasteiger partial charge in [-0.15, -0.1) is 0 Å². The Morgan fingerprint density at radius 2 is 0.625 bits per heavy atom. The molecular weight excluding hydrogens is 304 g/mol. The van der Waals surface area contributed by atoms with Crippen LogP contribution in [0.2, 0.25) is 0 Å². The molecule has 0 aromatic rings. The number of carbonyl (C=O) groups is 4. The van der Waals surface area contributed by atoms with Crippen molar-refractivity contribution in [1.29, 1.82) is 0 Å². The minimum atomic E-state index is -0.0625. The number of carbonyl (C=O) groups excluding carboxylic acids is 4. The van der Waals surface area contributed by atoms with Crippen molar-refractivity contribution in [3.63, 3.8) is 0 Å². The molecule has 0 saturated heterocycles. The summed E-state index contributed by atoms with van der Waals surface area (Å²) in [4.78, 5) is 39.0. The highest BCUT2D eigenvalue weighted by molar-refractivity contribution is 5.96. The molecular formula is C20H44O4.